The summed E-state index contributed by atoms with van der Waals surface area (Å²) in [5.74, 6) is -2.91. The number of benzene rings is 2. The molecule has 12 heteroatoms. The molecule has 0 bridgehead atoms. The van der Waals surface area contributed by atoms with Crippen LogP contribution in [0.1, 0.15) is 24.4 Å². The van der Waals surface area contributed by atoms with Crippen LogP contribution < -0.4 is 22.3 Å². The molecule has 5 N–H and O–H groups in total. The highest BCUT2D eigenvalue weighted by molar-refractivity contribution is 5.78. The number of hydrogen-bond donors (Lipinski definition) is 3. The molecule has 0 fully saturated rings. The molecule has 4 rings (SSSR count). The second kappa shape index (κ2) is 8.12. The number of rotatable bonds is 4. The number of nitrogens with one attached hydrogen (secondary N) is 1. The maximum Gasteiger partial charge on any atom is 0.266 e. The van der Waals surface area contributed by atoms with Crippen LogP contribution in [-0.2, 0) is 0 Å². The van der Waals surface area contributed by atoms with Crippen LogP contribution in [0.2, 0.25) is 0 Å². The van der Waals surface area contributed by atoms with Gasteiger partial charge in [0, 0.05) is 6.07 Å². The molecule has 0 aliphatic heterocycles. The second-order valence-corrected chi connectivity index (χ2v) is 7.07. The third-order valence-corrected chi connectivity index (χ3v) is 4.77. The first-order valence-electron chi connectivity index (χ1n) is 9.46. The van der Waals surface area contributed by atoms with Crippen molar-refractivity contribution in [3.63, 3.8) is 0 Å². The van der Waals surface area contributed by atoms with Gasteiger partial charge in [0.15, 0.2) is 5.82 Å². The monoisotopic (exact) mass is 452 g/mol. The van der Waals surface area contributed by atoms with Crippen molar-refractivity contribution in [2.75, 3.05) is 16.8 Å². The van der Waals surface area contributed by atoms with Crippen molar-refractivity contribution in [3.8, 4) is 11.8 Å². The number of nitrogens with two attached hydrogens (primary N) is 2. The van der Waals surface area contributed by atoms with Crippen LogP contribution in [0.3, 0.4) is 0 Å². The van der Waals surface area contributed by atoms with Gasteiger partial charge < -0.3 is 16.8 Å². The first-order chi connectivity index (χ1) is 15.7. The molecule has 0 saturated heterocycles. The van der Waals surface area contributed by atoms with Gasteiger partial charge in [-0.25, -0.2) is 18.2 Å². The topological polar surface area (TPSA) is 149 Å². The zero-order valence-electron chi connectivity index (χ0n) is 17.0. The Morgan fingerprint density at radius 2 is 1.73 bits per heavy atom. The molecule has 0 unspecified atom stereocenters. The normalized spacial score (nSPS) is 11.8. The molecular weight excluding hydrogens is 437 g/mol. The van der Waals surface area contributed by atoms with E-state index in [2.05, 4.69) is 20.3 Å². The summed E-state index contributed by atoms with van der Waals surface area (Å²) in [4.78, 5) is 25.4. The largest absolute Gasteiger partial charge is 0.382 e. The molecule has 0 saturated carbocycles. The lowest BCUT2D eigenvalue weighted by Crippen LogP contribution is -2.28. The number of nitrogens with zero attached hydrogens (tertiary/aromatic N) is 5. The molecule has 0 spiro atoms. The fourth-order valence-electron chi connectivity index (χ4n) is 3.36. The Morgan fingerprint density at radius 1 is 1.03 bits per heavy atom. The van der Waals surface area contributed by atoms with Gasteiger partial charge in [0.2, 0.25) is 5.95 Å². The van der Waals surface area contributed by atoms with Crippen molar-refractivity contribution >= 4 is 28.5 Å². The van der Waals surface area contributed by atoms with Crippen molar-refractivity contribution in [2.24, 2.45) is 0 Å². The summed E-state index contributed by atoms with van der Waals surface area (Å²) >= 11 is 0. The minimum atomic E-state index is -0.925. The predicted molar refractivity (Wildman–Crippen MR) is 115 cm³/mol. The smallest absolute Gasteiger partial charge is 0.266 e. The third-order valence-electron chi connectivity index (χ3n) is 4.77. The molecule has 2 aromatic carbocycles. The van der Waals surface area contributed by atoms with Gasteiger partial charge in [0.05, 0.1) is 22.6 Å². The molecule has 4 aromatic rings. The van der Waals surface area contributed by atoms with Gasteiger partial charge >= 0.3 is 0 Å². The number of halogens is 3. The molecule has 2 aromatic heterocycles. The number of nitrogen functional groups attached to an aromatic ring is 2. The van der Waals surface area contributed by atoms with Crippen molar-refractivity contribution in [1.82, 2.24) is 19.5 Å². The fourth-order valence-corrected chi connectivity index (χ4v) is 3.36. The number of fused-ring (bicyclic) bond motifs is 1. The van der Waals surface area contributed by atoms with E-state index in [4.69, 9.17) is 11.5 Å². The molecular formula is C21H15F3N8O. The summed E-state index contributed by atoms with van der Waals surface area (Å²) in [7, 11) is 0. The van der Waals surface area contributed by atoms with Gasteiger partial charge in [0.25, 0.3) is 5.56 Å². The first kappa shape index (κ1) is 21.6. The highest BCUT2D eigenvalue weighted by Gasteiger charge is 2.22. The lowest BCUT2D eigenvalue weighted by molar-refractivity contribution is 0.579. The zero-order chi connectivity index (χ0) is 23.9. The standard InChI is InChI=1S/C21H15F3N8O/c1-9(28-18-15(8-25)17(26)30-21(27)31-18)19-29-16-3-2-10(22)7-14(16)20(33)32(19)13-5-11(23)4-12(24)6-13/h2-7,9H,1H3,(H5,26,27,28,30,31)/t9-/m0/s1. The lowest BCUT2D eigenvalue weighted by atomic mass is 10.2. The summed E-state index contributed by atoms with van der Waals surface area (Å²) in [5.41, 5.74) is 10.5. The summed E-state index contributed by atoms with van der Waals surface area (Å²) < 4.78 is 42.7. The summed E-state index contributed by atoms with van der Waals surface area (Å²) in [5, 5.41) is 12.2. The Labute approximate surface area is 184 Å². The SMILES string of the molecule is C[C@H](Nc1nc(N)nc(N)c1C#N)c1nc2ccc(F)cc2c(=O)n1-c1cc(F)cc(F)c1. The summed E-state index contributed by atoms with van der Waals surface area (Å²) in [6.07, 6.45) is 0. The van der Waals surface area contributed by atoms with E-state index < -0.39 is 29.1 Å². The lowest BCUT2D eigenvalue weighted by Gasteiger charge is -2.21. The van der Waals surface area contributed by atoms with Gasteiger partial charge in [-0.15, -0.1) is 0 Å². The van der Waals surface area contributed by atoms with E-state index in [1.807, 2.05) is 6.07 Å². The van der Waals surface area contributed by atoms with Crippen LogP contribution in [0.5, 0.6) is 0 Å². The maximum absolute atomic E-state index is 14.0. The average molecular weight is 452 g/mol. The minimum Gasteiger partial charge on any atom is -0.382 e. The molecule has 1 atom stereocenters. The quantitative estimate of drug-likeness (QED) is 0.428. The van der Waals surface area contributed by atoms with E-state index in [-0.39, 0.29) is 45.6 Å². The highest BCUT2D eigenvalue weighted by atomic mass is 19.1. The van der Waals surface area contributed by atoms with Gasteiger partial charge in [-0.3, -0.25) is 9.36 Å². The van der Waals surface area contributed by atoms with Crippen LogP contribution >= 0.6 is 0 Å². The number of aromatic nitrogens is 4. The van der Waals surface area contributed by atoms with E-state index in [0.717, 1.165) is 28.8 Å². The maximum atomic E-state index is 14.0. The summed E-state index contributed by atoms with van der Waals surface area (Å²) in [6.45, 7) is 1.57. The Hall–Kier alpha value is -4.66. The van der Waals surface area contributed by atoms with E-state index in [1.165, 1.54) is 6.07 Å². The fraction of sp³-hybridized carbons (Fsp3) is 0.0952. The minimum absolute atomic E-state index is 0.00348. The second-order valence-electron chi connectivity index (χ2n) is 7.07. The first-order valence-corrected chi connectivity index (χ1v) is 9.46. The van der Waals surface area contributed by atoms with E-state index in [0.29, 0.717) is 6.07 Å². The van der Waals surface area contributed by atoms with Crippen LogP contribution in [-0.4, -0.2) is 19.5 Å². The van der Waals surface area contributed by atoms with E-state index in [1.54, 1.807) is 6.92 Å². The van der Waals surface area contributed by atoms with Crippen LogP contribution in [0.4, 0.5) is 30.8 Å². The number of hydrogen-bond acceptors (Lipinski definition) is 8. The van der Waals surface area contributed by atoms with Crippen molar-refractivity contribution in [2.45, 2.75) is 13.0 Å². The van der Waals surface area contributed by atoms with Gasteiger partial charge in [-0.05, 0) is 37.3 Å². The molecule has 9 nitrogen and oxygen atoms in total. The van der Waals surface area contributed by atoms with E-state index in [9.17, 15) is 23.2 Å². The Balaban J connectivity index is 1.96. The van der Waals surface area contributed by atoms with Crippen LogP contribution in [0, 0.1) is 28.8 Å². The van der Waals surface area contributed by atoms with Gasteiger partial charge in [-0.1, -0.05) is 0 Å². The van der Waals surface area contributed by atoms with Gasteiger partial charge in [0.1, 0.15) is 40.7 Å². The Kier molecular flexibility index (Phi) is 5.31. The Morgan fingerprint density at radius 3 is 2.39 bits per heavy atom. The third kappa shape index (κ3) is 3.99. The van der Waals surface area contributed by atoms with Crippen LogP contribution in [0.15, 0.2) is 41.2 Å². The van der Waals surface area contributed by atoms with Crippen LogP contribution in [0.25, 0.3) is 16.6 Å². The molecule has 0 radical (unpaired) electrons. The number of nitriles is 1. The Bertz CT molecular complexity index is 1490. The zero-order valence-corrected chi connectivity index (χ0v) is 17.0. The molecule has 33 heavy (non-hydrogen) atoms. The van der Waals surface area contributed by atoms with Gasteiger partial charge in [-0.2, -0.15) is 15.2 Å². The van der Waals surface area contributed by atoms with Crippen molar-refractivity contribution < 1.29 is 13.2 Å². The molecule has 166 valence electrons. The molecule has 0 aliphatic carbocycles. The highest BCUT2D eigenvalue weighted by Crippen LogP contribution is 2.25. The molecule has 0 aliphatic rings. The van der Waals surface area contributed by atoms with Crippen molar-refractivity contribution in [1.29, 1.82) is 5.26 Å². The molecule has 2 heterocycles. The average Bonchev–Trinajstić information content (AvgIpc) is 2.73. The predicted octanol–water partition coefficient (Wildman–Crippen LogP) is 2.80. The van der Waals surface area contributed by atoms with Crippen molar-refractivity contribution in [3.05, 3.63) is 75.6 Å². The van der Waals surface area contributed by atoms with E-state index >= 15 is 0 Å². The summed E-state index contributed by atoms with van der Waals surface area (Å²) in [6, 6.07) is 6.94. The molecule has 0 amide bonds. The number of anilines is 3.